The topological polar surface area (TPSA) is 76.6 Å². The van der Waals surface area contributed by atoms with Crippen molar-refractivity contribution in [1.82, 2.24) is 4.98 Å². The van der Waals surface area contributed by atoms with Crippen LogP contribution in [0.5, 0.6) is 0 Å². The first-order valence-corrected chi connectivity index (χ1v) is 12.0. The largest absolute Gasteiger partial charge is 0.483 e. The minimum atomic E-state index is -0.615. The van der Waals surface area contributed by atoms with Crippen LogP contribution in [-0.2, 0) is 14.3 Å². The van der Waals surface area contributed by atoms with Gasteiger partial charge in [0, 0.05) is 11.4 Å². The molecule has 2 aliphatic heterocycles. The van der Waals surface area contributed by atoms with Crippen molar-refractivity contribution in [3.8, 4) is 0 Å². The van der Waals surface area contributed by atoms with Gasteiger partial charge in [-0.05, 0) is 43.9 Å². The number of aromatic nitrogens is 1. The van der Waals surface area contributed by atoms with Crippen molar-refractivity contribution in [2.24, 2.45) is 5.92 Å². The number of carbonyl (C=O) groups excluding carboxylic acids is 3. The van der Waals surface area contributed by atoms with E-state index in [9.17, 15) is 14.4 Å². The summed E-state index contributed by atoms with van der Waals surface area (Å²) in [5.41, 5.74) is 1.82. The van der Waals surface area contributed by atoms with E-state index in [-0.39, 0.29) is 35.3 Å². The number of amides is 1. The number of hydrogen-bond acceptors (Lipinski definition) is 6. The Bertz CT molecular complexity index is 1140. The van der Waals surface area contributed by atoms with Crippen LogP contribution in [0.2, 0.25) is 0 Å². The van der Waals surface area contributed by atoms with Crippen LogP contribution in [0, 0.1) is 12.8 Å². The molecule has 0 bridgehead atoms. The summed E-state index contributed by atoms with van der Waals surface area (Å²) in [6.45, 7) is 3.25. The van der Waals surface area contributed by atoms with Gasteiger partial charge in [-0.2, -0.15) is 0 Å². The summed E-state index contributed by atoms with van der Waals surface area (Å²) < 4.78 is 7.08. The van der Waals surface area contributed by atoms with E-state index in [1.807, 2.05) is 24.3 Å². The second kappa shape index (κ2) is 7.67. The molecule has 0 spiro atoms. The van der Waals surface area contributed by atoms with E-state index in [0.717, 1.165) is 35.7 Å². The fourth-order valence-electron chi connectivity index (χ4n) is 4.81. The summed E-state index contributed by atoms with van der Waals surface area (Å²) in [5.74, 6) is -0.495. The molecular weight excluding hydrogens is 480 g/mol. The minimum absolute atomic E-state index is 0.00906. The molecule has 3 aliphatic rings. The summed E-state index contributed by atoms with van der Waals surface area (Å²) >= 11 is 4.63. The smallest absolute Gasteiger partial charge is 0.296 e. The molecule has 3 heterocycles. The molecule has 3 unspecified atom stereocenters. The SMILES string of the molecule is CC(=O)c1sc(N2C(=O)C3=C(C(=O)C4CCCCC4O3)C2c2ccc(Br)cc2)nc1C. The Balaban J connectivity index is 1.66. The number of rotatable bonds is 3. The quantitative estimate of drug-likeness (QED) is 0.559. The molecule has 1 aliphatic carbocycles. The molecule has 1 saturated carbocycles. The number of aryl methyl sites for hydroxylation is 1. The minimum Gasteiger partial charge on any atom is -0.483 e. The normalized spacial score (nSPS) is 25.4. The molecule has 1 amide bonds. The number of benzene rings is 1. The first-order valence-electron chi connectivity index (χ1n) is 10.4. The van der Waals surface area contributed by atoms with E-state index in [2.05, 4.69) is 20.9 Å². The molecule has 160 valence electrons. The van der Waals surface area contributed by atoms with Gasteiger partial charge in [-0.15, -0.1) is 0 Å². The van der Waals surface area contributed by atoms with Crippen LogP contribution in [-0.4, -0.2) is 28.6 Å². The van der Waals surface area contributed by atoms with Crippen LogP contribution >= 0.6 is 27.3 Å². The zero-order chi connectivity index (χ0) is 21.9. The molecule has 6 nitrogen and oxygen atoms in total. The molecular formula is C23H21BrN2O4S. The molecule has 3 atom stereocenters. The van der Waals surface area contributed by atoms with Crippen molar-refractivity contribution in [3.05, 3.63) is 56.2 Å². The van der Waals surface area contributed by atoms with Crippen LogP contribution in [0.25, 0.3) is 0 Å². The highest BCUT2D eigenvalue weighted by Crippen LogP contribution is 2.49. The average Bonchev–Trinajstić information content (AvgIpc) is 3.27. The zero-order valence-corrected chi connectivity index (χ0v) is 19.6. The molecule has 8 heteroatoms. The van der Waals surface area contributed by atoms with Crippen molar-refractivity contribution in [1.29, 1.82) is 0 Å². The average molecular weight is 501 g/mol. The van der Waals surface area contributed by atoms with Gasteiger partial charge >= 0.3 is 0 Å². The zero-order valence-electron chi connectivity index (χ0n) is 17.2. The van der Waals surface area contributed by atoms with E-state index in [1.54, 1.807) is 6.92 Å². The third kappa shape index (κ3) is 3.27. The highest BCUT2D eigenvalue weighted by molar-refractivity contribution is 9.10. The van der Waals surface area contributed by atoms with Crippen molar-refractivity contribution in [3.63, 3.8) is 0 Å². The summed E-state index contributed by atoms with van der Waals surface area (Å²) in [7, 11) is 0. The Morgan fingerprint density at radius 2 is 1.90 bits per heavy atom. The molecule has 1 fully saturated rings. The fourth-order valence-corrected chi connectivity index (χ4v) is 6.07. The molecule has 0 radical (unpaired) electrons. The van der Waals surface area contributed by atoms with Crippen molar-refractivity contribution < 1.29 is 19.1 Å². The highest BCUT2D eigenvalue weighted by atomic mass is 79.9. The van der Waals surface area contributed by atoms with Gasteiger partial charge in [0.15, 0.2) is 22.5 Å². The van der Waals surface area contributed by atoms with Crippen LogP contribution in [0.4, 0.5) is 5.13 Å². The molecule has 1 aromatic carbocycles. The second-order valence-corrected chi connectivity index (χ2v) is 10.1. The lowest BCUT2D eigenvalue weighted by Crippen LogP contribution is -2.39. The van der Waals surface area contributed by atoms with Gasteiger partial charge in [0.1, 0.15) is 6.10 Å². The number of fused-ring (bicyclic) bond motifs is 1. The molecule has 0 N–H and O–H groups in total. The number of carbonyl (C=O) groups is 3. The predicted octanol–water partition coefficient (Wildman–Crippen LogP) is 4.92. The molecule has 0 saturated heterocycles. The fraction of sp³-hybridized carbons (Fsp3) is 0.391. The van der Waals surface area contributed by atoms with Crippen LogP contribution < -0.4 is 4.90 Å². The first-order chi connectivity index (χ1) is 14.9. The Hall–Kier alpha value is -2.32. The maximum Gasteiger partial charge on any atom is 0.296 e. The van der Waals surface area contributed by atoms with Gasteiger partial charge in [-0.3, -0.25) is 19.3 Å². The van der Waals surface area contributed by atoms with Gasteiger partial charge in [0.2, 0.25) is 0 Å². The van der Waals surface area contributed by atoms with E-state index in [4.69, 9.17) is 4.74 Å². The number of Topliss-reactive ketones (excluding diaryl/α,β-unsaturated/α-hetero) is 2. The number of hydrogen-bond donors (Lipinski definition) is 0. The van der Waals surface area contributed by atoms with Gasteiger partial charge < -0.3 is 4.74 Å². The number of thiazole rings is 1. The Kier molecular flexibility index (Phi) is 5.09. The summed E-state index contributed by atoms with van der Waals surface area (Å²) in [5, 5.41) is 0.411. The number of halogens is 1. The van der Waals surface area contributed by atoms with Gasteiger partial charge in [0.05, 0.1) is 28.1 Å². The van der Waals surface area contributed by atoms with Crippen molar-refractivity contribution >= 4 is 49.9 Å². The second-order valence-electron chi connectivity index (χ2n) is 8.25. The summed E-state index contributed by atoms with van der Waals surface area (Å²) in [6.07, 6.45) is 3.33. The number of nitrogens with zero attached hydrogens (tertiary/aromatic N) is 2. The van der Waals surface area contributed by atoms with Gasteiger partial charge in [0.25, 0.3) is 5.91 Å². The first kappa shape index (κ1) is 20.6. The van der Waals surface area contributed by atoms with Crippen LogP contribution in [0.3, 0.4) is 0 Å². The molecule has 31 heavy (non-hydrogen) atoms. The number of anilines is 1. The Morgan fingerprint density at radius 3 is 2.58 bits per heavy atom. The van der Waals surface area contributed by atoms with E-state index < -0.39 is 6.04 Å². The Labute approximate surface area is 192 Å². The van der Waals surface area contributed by atoms with Crippen molar-refractivity contribution in [2.75, 3.05) is 4.90 Å². The molecule has 2 aromatic rings. The van der Waals surface area contributed by atoms with Gasteiger partial charge in [-0.1, -0.05) is 45.8 Å². The predicted molar refractivity (Wildman–Crippen MR) is 120 cm³/mol. The van der Waals surface area contributed by atoms with Crippen molar-refractivity contribution in [2.45, 2.75) is 51.7 Å². The summed E-state index contributed by atoms with van der Waals surface area (Å²) in [6, 6.07) is 6.97. The lowest BCUT2D eigenvalue weighted by atomic mass is 9.77. The maximum absolute atomic E-state index is 13.6. The van der Waals surface area contributed by atoms with Crippen LogP contribution in [0.1, 0.15) is 59.6 Å². The standard InChI is InChI=1S/C23H21BrN2O4S/c1-11-21(12(2)27)31-23(25-11)26-18(13-7-9-14(24)10-8-13)17-19(28)15-5-3-4-6-16(15)30-20(17)22(26)29/h7-10,15-16,18H,3-6H2,1-2H3. The lowest BCUT2D eigenvalue weighted by Gasteiger charge is -2.35. The number of ether oxygens (including phenoxy) is 1. The maximum atomic E-state index is 13.6. The third-order valence-electron chi connectivity index (χ3n) is 6.26. The Morgan fingerprint density at radius 1 is 1.19 bits per heavy atom. The van der Waals surface area contributed by atoms with Gasteiger partial charge in [-0.25, -0.2) is 4.98 Å². The molecule has 5 rings (SSSR count). The van der Waals surface area contributed by atoms with E-state index in [1.165, 1.54) is 23.2 Å². The third-order valence-corrected chi connectivity index (χ3v) is 8.05. The molecule has 1 aromatic heterocycles. The number of ketones is 2. The summed E-state index contributed by atoms with van der Waals surface area (Å²) in [4.78, 5) is 45.8. The highest BCUT2D eigenvalue weighted by Gasteiger charge is 2.53. The monoisotopic (exact) mass is 500 g/mol. The van der Waals surface area contributed by atoms with Crippen LogP contribution in [0.15, 0.2) is 40.1 Å². The van der Waals surface area contributed by atoms with E-state index >= 15 is 0 Å². The lowest BCUT2D eigenvalue weighted by molar-refractivity contribution is -0.131. The van der Waals surface area contributed by atoms with E-state index in [0.29, 0.717) is 21.3 Å².